The van der Waals surface area contributed by atoms with Crippen LogP contribution in [0.3, 0.4) is 0 Å². The van der Waals surface area contributed by atoms with Gasteiger partial charge >= 0.3 is 11.9 Å². The van der Waals surface area contributed by atoms with Crippen molar-refractivity contribution in [1.82, 2.24) is 0 Å². The van der Waals surface area contributed by atoms with E-state index in [1.165, 1.54) is 96.3 Å². The Balaban J connectivity index is 1.80. The number of ether oxygens (including phenoxy) is 6. The number of aliphatic hydroxyl groups is 7. The summed E-state index contributed by atoms with van der Waals surface area (Å²) in [4.78, 5) is 25.8. The van der Waals surface area contributed by atoms with Gasteiger partial charge in [-0.05, 0) is 44.9 Å². The summed E-state index contributed by atoms with van der Waals surface area (Å²) in [5.74, 6) is -0.933. The molecule has 7 N–H and O–H groups in total. The van der Waals surface area contributed by atoms with Gasteiger partial charge in [0.15, 0.2) is 18.7 Å². The van der Waals surface area contributed by atoms with E-state index in [2.05, 4.69) is 38.2 Å². The van der Waals surface area contributed by atoms with Crippen molar-refractivity contribution in [3.63, 3.8) is 0 Å². The van der Waals surface area contributed by atoms with Gasteiger partial charge in [-0.3, -0.25) is 9.59 Å². The van der Waals surface area contributed by atoms with Gasteiger partial charge in [0, 0.05) is 12.8 Å². The lowest BCUT2D eigenvalue weighted by Crippen LogP contribution is -2.61. The van der Waals surface area contributed by atoms with Crippen LogP contribution in [0.1, 0.15) is 200 Å². The average Bonchev–Trinajstić information content (AvgIpc) is 3.32. The quantitative estimate of drug-likeness (QED) is 0.0178. The van der Waals surface area contributed by atoms with Gasteiger partial charge in [-0.15, -0.1) is 0 Å². The monoisotopic (exact) mass is 959 g/mol. The van der Waals surface area contributed by atoms with Crippen LogP contribution in [0.5, 0.6) is 0 Å². The predicted octanol–water partition coefficient (Wildman–Crippen LogP) is 7.55. The summed E-state index contributed by atoms with van der Waals surface area (Å²) in [6, 6.07) is 0. The molecule has 2 rings (SSSR count). The van der Waals surface area contributed by atoms with Gasteiger partial charge in [0.05, 0.1) is 19.8 Å². The molecule has 2 aliphatic rings. The molecule has 0 amide bonds. The van der Waals surface area contributed by atoms with Crippen LogP contribution < -0.4 is 0 Å². The molecule has 67 heavy (non-hydrogen) atoms. The number of carbonyl (C=O) groups is 2. The maximum Gasteiger partial charge on any atom is 0.306 e. The van der Waals surface area contributed by atoms with E-state index in [4.69, 9.17) is 28.4 Å². The zero-order valence-corrected chi connectivity index (χ0v) is 41.4. The van der Waals surface area contributed by atoms with E-state index in [0.29, 0.717) is 12.8 Å². The Bertz CT molecular complexity index is 1270. The molecule has 392 valence electrons. The molecule has 11 atom stereocenters. The van der Waals surface area contributed by atoms with Crippen LogP contribution in [-0.2, 0) is 38.0 Å². The second-order valence-corrected chi connectivity index (χ2v) is 18.7. The molecule has 0 spiro atoms. The van der Waals surface area contributed by atoms with Crippen molar-refractivity contribution < 1.29 is 73.8 Å². The lowest BCUT2D eigenvalue weighted by Gasteiger charge is -2.42. The number of unbranched alkanes of at least 4 members (excludes halogenated alkanes) is 23. The second kappa shape index (κ2) is 39.7. The van der Waals surface area contributed by atoms with Crippen LogP contribution in [0.2, 0.25) is 0 Å². The van der Waals surface area contributed by atoms with Crippen LogP contribution in [0.25, 0.3) is 0 Å². The molecule has 0 bridgehead atoms. The molecule has 2 heterocycles. The van der Waals surface area contributed by atoms with E-state index in [9.17, 15) is 45.3 Å². The first-order valence-electron chi connectivity index (χ1n) is 26.4. The summed E-state index contributed by atoms with van der Waals surface area (Å²) in [6.45, 7) is 2.57. The second-order valence-electron chi connectivity index (χ2n) is 18.7. The molecular formula is C52H94O15. The Morgan fingerprint density at radius 3 is 1.42 bits per heavy atom. The Morgan fingerprint density at radius 2 is 0.896 bits per heavy atom. The highest BCUT2D eigenvalue weighted by molar-refractivity contribution is 5.70. The summed E-state index contributed by atoms with van der Waals surface area (Å²) in [5.41, 5.74) is 0. The van der Waals surface area contributed by atoms with Crippen molar-refractivity contribution in [3.8, 4) is 0 Å². The number of carbonyl (C=O) groups excluding carboxylic acids is 2. The van der Waals surface area contributed by atoms with Crippen molar-refractivity contribution in [1.29, 1.82) is 0 Å². The summed E-state index contributed by atoms with van der Waals surface area (Å²) in [5, 5.41) is 72.1. The zero-order chi connectivity index (χ0) is 48.9. The Hall–Kier alpha value is -2.02. The van der Waals surface area contributed by atoms with E-state index < -0.39 is 92.7 Å². The molecule has 0 radical (unpaired) electrons. The SMILES string of the molecule is CCCCC/C=C/C/C=C/CCCCCCCC(=O)O[C@@H](COC(=O)CCCCCCCCCCCCCCCCCC)CO[C@@H]1O[C@H](CO[C@@H]2O[C@H](CO)[C@H](O)C(O)C2O)[C@H](O)C(O)C1O. The molecule has 2 saturated heterocycles. The van der Waals surface area contributed by atoms with Crippen molar-refractivity contribution in [2.45, 2.75) is 268 Å². The third-order valence-corrected chi connectivity index (χ3v) is 12.7. The van der Waals surface area contributed by atoms with Crippen molar-refractivity contribution in [2.75, 3.05) is 26.4 Å². The van der Waals surface area contributed by atoms with Crippen LogP contribution in [-0.4, -0.2) is 142 Å². The highest BCUT2D eigenvalue weighted by Gasteiger charge is 2.47. The smallest absolute Gasteiger partial charge is 0.306 e. The van der Waals surface area contributed by atoms with Gasteiger partial charge in [-0.1, -0.05) is 167 Å². The number of allylic oxidation sites excluding steroid dienone is 4. The Kier molecular flexibility index (Phi) is 36.2. The molecule has 0 aromatic heterocycles. The van der Waals surface area contributed by atoms with Gasteiger partial charge < -0.3 is 64.2 Å². The number of hydrogen-bond donors (Lipinski definition) is 7. The van der Waals surface area contributed by atoms with Crippen molar-refractivity contribution >= 4 is 11.9 Å². The number of hydrogen-bond acceptors (Lipinski definition) is 15. The van der Waals surface area contributed by atoms with Gasteiger partial charge in [0.1, 0.15) is 55.4 Å². The molecular weight excluding hydrogens is 865 g/mol. The molecule has 15 nitrogen and oxygen atoms in total. The van der Waals surface area contributed by atoms with E-state index in [-0.39, 0.29) is 26.1 Å². The number of rotatable bonds is 41. The fourth-order valence-corrected chi connectivity index (χ4v) is 8.31. The lowest BCUT2D eigenvalue weighted by atomic mass is 9.98. The topological polar surface area (TPSA) is 231 Å². The zero-order valence-electron chi connectivity index (χ0n) is 41.4. The summed E-state index contributed by atoms with van der Waals surface area (Å²) in [7, 11) is 0. The van der Waals surface area contributed by atoms with E-state index in [1.54, 1.807) is 0 Å². The first-order chi connectivity index (χ1) is 32.5. The first kappa shape index (κ1) is 61.1. The summed E-state index contributed by atoms with van der Waals surface area (Å²) < 4.78 is 33.6. The Labute approximate surface area is 403 Å². The minimum absolute atomic E-state index is 0.152. The van der Waals surface area contributed by atoms with E-state index >= 15 is 0 Å². The minimum atomic E-state index is -1.76. The molecule has 2 aliphatic heterocycles. The van der Waals surface area contributed by atoms with E-state index in [0.717, 1.165) is 64.2 Å². The normalized spacial score (nSPS) is 26.1. The first-order valence-corrected chi connectivity index (χ1v) is 26.4. The molecule has 0 saturated carbocycles. The highest BCUT2D eigenvalue weighted by Crippen LogP contribution is 2.26. The summed E-state index contributed by atoms with van der Waals surface area (Å²) >= 11 is 0. The third-order valence-electron chi connectivity index (χ3n) is 12.7. The van der Waals surface area contributed by atoms with Crippen LogP contribution in [0.15, 0.2) is 24.3 Å². The van der Waals surface area contributed by atoms with Crippen LogP contribution >= 0.6 is 0 Å². The van der Waals surface area contributed by atoms with Crippen LogP contribution in [0, 0.1) is 0 Å². The lowest BCUT2D eigenvalue weighted by molar-refractivity contribution is -0.332. The molecule has 15 heteroatoms. The maximum absolute atomic E-state index is 13.0. The standard InChI is InChI=1S/C52H94O15/c1-3-5-7-9-11-13-15-17-19-21-22-24-26-28-30-32-34-43(54)62-37-40(65-44(55)35-33-31-29-27-25-23-20-18-16-14-12-10-8-6-4-2)38-63-51-50(61)48(59)46(57)42(67-51)39-64-52-49(60)47(58)45(56)41(36-53)66-52/h12,14,18,20,40-42,45-53,56-61H,3-11,13,15-17,19,21-39H2,1-2H3/b14-12+,20-18+/t40-,41+,42+,45-,46-,47?,48?,49?,50?,51+,52+/m0/s1. The Morgan fingerprint density at radius 1 is 0.478 bits per heavy atom. The van der Waals surface area contributed by atoms with Gasteiger partial charge in [-0.25, -0.2) is 0 Å². The number of esters is 2. The fraction of sp³-hybridized carbons (Fsp3) is 0.885. The third kappa shape index (κ3) is 27.8. The molecule has 0 aliphatic carbocycles. The molecule has 0 aromatic carbocycles. The van der Waals surface area contributed by atoms with Crippen molar-refractivity contribution in [2.24, 2.45) is 0 Å². The van der Waals surface area contributed by atoms with Gasteiger partial charge in [0.2, 0.25) is 0 Å². The van der Waals surface area contributed by atoms with Crippen LogP contribution in [0.4, 0.5) is 0 Å². The van der Waals surface area contributed by atoms with Gasteiger partial charge in [-0.2, -0.15) is 0 Å². The predicted molar refractivity (Wildman–Crippen MR) is 257 cm³/mol. The van der Waals surface area contributed by atoms with E-state index in [1.807, 2.05) is 0 Å². The molecule has 4 unspecified atom stereocenters. The fourth-order valence-electron chi connectivity index (χ4n) is 8.31. The average molecular weight is 959 g/mol. The maximum atomic E-state index is 13.0. The van der Waals surface area contributed by atoms with Gasteiger partial charge in [0.25, 0.3) is 0 Å². The molecule has 0 aromatic rings. The molecule has 2 fully saturated rings. The minimum Gasteiger partial charge on any atom is -0.462 e. The highest BCUT2D eigenvalue weighted by atomic mass is 16.7. The largest absolute Gasteiger partial charge is 0.462 e. The van der Waals surface area contributed by atoms with Crippen molar-refractivity contribution in [3.05, 3.63) is 24.3 Å². The number of aliphatic hydroxyl groups excluding tert-OH is 7. The summed E-state index contributed by atoms with van der Waals surface area (Å²) in [6.07, 6.45) is 23.4.